The number of aromatic nitrogens is 1. The maximum Gasteiger partial charge on any atom is 0.0467 e. The van der Waals surface area contributed by atoms with Crippen LogP contribution in [0.25, 0.3) is 10.9 Å². The molecule has 13 heavy (non-hydrogen) atoms. The van der Waals surface area contributed by atoms with Gasteiger partial charge in [0.15, 0.2) is 0 Å². The number of hydrogen-bond acceptors (Lipinski definition) is 0. The van der Waals surface area contributed by atoms with Gasteiger partial charge in [-0.25, -0.2) is 0 Å². The van der Waals surface area contributed by atoms with Gasteiger partial charge in [0.2, 0.25) is 0 Å². The average molecular weight is 285 g/mol. The number of rotatable bonds is 1. The topological polar surface area (TPSA) is 15.8 Å². The molecule has 0 aliphatic carbocycles. The summed E-state index contributed by atoms with van der Waals surface area (Å²) in [7, 11) is 0. The molecule has 68 valence electrons. The first-order chi connectivity index (χ1) is 6.18. The van der Waals surface area contributed by atoms with Crippen LogP contribution in [-0.4, -0.2) is 4.98 Å². The normalized spacial score (nSPS) is 11.4. The number of benzene rings is 1. The van der Waals surface area contributed by atoms with Crippen molar-refractivity contribution in [3.63, 3.8) is 0 Å². The van der Waals surface area contributed by atoms with Crippen LogP contribution in [0.1, 0.15) is 25.3 Å². The van der Waals surface area contributed by atoms with Crippen LogP contribution in [0, 0.1) is 3.57 Å². The molecule has 0 amide bonds. The Kier molecular flexibility index (Phi) is 2.32. The Morgan fingerprint density at radius 2 is 2.08 bits per heavy atom. The zero-order valence-corrected chi connectivity index (χ0v) is 9.92. The van der Waals surface area contributed by atoms with Gasteiger partial charge in [-0.2, -0.15) is 0 Å². The molecule has 1 N–H and O–H groups in total. The Bertz CT molecular complexity index is 429. The second-order valence-electron chi connectivity index (χ2n) is 3.60. The van der Waals surface area contributed by atoms with Gasteiger partial charge in [-0.1, -0.05) is 26.0 Å². The highest BCUT2D eigenvalue weighted by molar-refractivity contribution is 14.1. The first kappa shape index (κ1) is 9.06. The zero-order chi connectivity index (χ0) is 9.42. The number of fused-ring (bicyclic) bond motifs is 1. The van der Waals surface area contributed by atoms with Gasteiger partial charge < -0.3 is 4.98 Å². The van der Waals surface area contributed by atoms with Crippen LogP contribution in [0.2, 0.25) is 0 Å². The monoisotopic (exact) mass is 285 g/mol. The fourth-order valence-electron chi connectivity index (χ4n) is 1.47. The van der Waals surface area contributed by atoms with Crippen molar-refractivity contribution in [1.29, 1.82) is 0 Å². The van der Waals surface area contributed by atoms with E-state index in [2.05, 4.69) is 65.8 Å². The molecule has 0 atom stereocenters. The fraction of sp³-hybridized carbons (Fsp3) is 0.273. The van der Waals surface area contributed by atoms with Crippen LogP contribution in [-0.2, 0) is 0 Å². The van der Waals surface area contributed by atoms with E-state index in [0.29, 0.717) is 5.92 Å². The highest BCUT2D eigenvalue weighted by atomic mass is 127. The number of halogens is 1. The minimum absolute atomic E-state index is 0.602. The SMILES string of the molecule is CC(C)c1ccc2c(I)c[nH]c2c1. The Morgan fingerprint density at radius 3 is 2.77 bits per heavy atom. The van der Waals surface area contributed by atoms with Gasteiger partial charge >= 0.3 is 0 Å². The van der Waals surface area contributed by atoms with Gasteiger partial charge in [-0.3, -0.25) is 0 Å². The molecule has 1 aromatic heterocycles. The summed E-state index contributed by atoms with van der Waals surface area (Å²) in [6, 6.07) is 6.65. The van der Waals surface area contributed by atoms with Crippen molar-refractivity contribution in [3.8, 4) is 0 Å². The van der Waals surface area contributed by atoms with Crippen LogP contribution in [0.15, 0.2) is 24.4 Å². The molecule has 0 fully saturated rings. The molecule has 0 spiro atoms. The maximum atomic E-state index is 3.28. The third-order valence-corrected chi connectivity index (χ3v) is 3.21. The van der Waals surface area contributed by atoms with E-state index in [1.165, 1.54) is 20.0 Å². The number of H-pyrrole nitrogens is 1. The fourth-order valence-corrected chi connectivity index (χ4v) is 2.09. The van der Waals surface area contributed by atoms with E-state index >= 15 is 0 Å². The summed E-state index contributed by atoms with van der Waals surface area (Å²) in [6.07, 6.45) is 2.05. The second-order valence-corrected chi connectivity index (χ2v) is 4.76. The molecule has 2 rings (SSSR count). The molecule has 0 aliphatic rings. The van der Waals surface area contributed by atoms with Gasteiger partial charge in [0.25, 0.3) is 0 Å². The summed E-state index contributed by atoms with van der Waals surface area (Å²) in [4.78, 5) is 3.28. The summed E-state index contributed by atoms with van der Waals surface area (Å²) in [5, 5.41) is 1.32. The van der Waals surface area contributed by atoms with E-state index in [9.17, 15) is 0 Å². The molecule has 0 saturated heterocycles. The second kappa shape index (κ2) is 3.33. The van der Waals surface area contributed by atoms with Gasteiger partial charge in [-0.05, 0) is 40.1 Å². The lowest BCUT2D eigenvalue weighted by molar-refractivity contribution is 0.868. The molecular formula is C11H12IN. The van der Waals surface area contributed by atoms with E-state index in [1.54, 1.807) is 0 Å². The predicted octanol–water partition coefficient (Wildman–Crippen LogP) is 3.90. The van der Waals surface area contributed by atoms with Crippen LogP contribution < -0.4 is 0 Å². The van der Waals surface area contributed by atoms with Crippen molar-refractivity contribution in [3.05, 3.63) is 33.5 Å². The van der Waals surface area contributed by atoms with Gasteiger partial charge in [0, 0.05) is 20.7 Å². The Balaban J connectivity index is 2.63. The molecule has 0 aliphatic heterocycles. The molecular weight excluding hydrogens is 273 g/mol. The Labute approximate surface area is 91.7 Å². The van der Waals surface area contributed by atoms with Gasteiger partial charge in [0.1, 0.15) is 0 Å². The molecule has 0 saturated carbocycles. The minimum Gasteiger partial charge on any atom is -0.360 e. The van der Waals surface area contributed by atoms with Gasteiger partial charge in [-0.15, -0.1) is 0 Å². The number of hydrogen-bond donors (Lipinski definition) is 1. The molecule has 0 unspecified atom stereocenters. The smallest absolute Gasteiger partial charge is 0.0467 e. The van der Waals surface area contributed by atoms with Crippen molar-refractivity contribution in [2.75, 3.05) is 0 Å². The van der Waals surface area contributed by atoms with Crippen LogP contribution >= 0.6 is 22.6 Å². The number of nitrogens with one attached hydrogen (secondary N) is 1. The molecule has 2 aromatic rings. The quantitative estimate of drug-likeness (QED) is 0.765. The van der Waals surface area contributed by atoms with E-state index in [0.717, 1.165) is 0 Å². The standard InChI is InChI=1S/C11H12IN/c1-7(2)8-3-4-9-10(12)6-13-11(9)5-8/h3-7,13H,1-2H3. The van der Waals surface area contributed by atoms with Crippen LogP contribution in [0.5, 0.6) is 0 Å². The number of aromatic amines is 1. The lowest BCUT2D eigenvalue weighted by atomic mass is 10.0. The average Bonchev–Trinajstić information content (AvgIpc) is 2.47. The van der Waals surface area contributed by atoms with Crippen LogP contribution in [0.3, 0.4) is 0 Å². The summed E-state index contributed by atoms with van der Waals surface area (Å²) in [5.41, 5.74) is 2.64. The molecule has 1 aromatic carbocycles. The molecule has 0 bridgehead atoms. The summed E-state index contributed by atoms with van der Waals surface area (Å²) < 4.78 is 1.29. The Morgan fingerprint density at radius 1 is 1.31 bits per heavy atom. The van der Waals surface area contributed by atoms with Crippen LogP contribution in [0.4, 0.5) is 0 Å². The lowest BCUT2D eigenvalue weighted by Crippen LogP contribution is -1.85. The highest BCUT2D eigenvalue weighted by Crippen LogP contribution is 2.24. The predicted molar refractivity (Wildman–Crippen MR) is 65.1 cm³/mol. The first-order valence-electron chi connectivity index (χ1n) is 4.45. The molecule has 2 heteroatoms. The van der Waals surface area contributed by atoms with E-state index in [4.69, 9.17) is 0 Å². The van der Waals surface area contributed by atoms with Crippen molar-refractivity contribution in [1.82, 2.24) is 4.98 Å². The third-order valence-electron chi connectivity index (χ3n) is 2.32. The Hall–Kier alpha value is -0.510. The summed E-state index contributed by atoms with van der Waals surface area (Å²) in [5.74, 6) is 0.602. The van der Waals surface area contributed by atoms with Crippen molar-refractivity contribution >= 4 is 33.5 Å². The summed E-state index contributed by atoms with van der Waals surface area (Å²) in [6.45, 7) is 4.43. The van der Waals surface area contributed by atoms with Crippen molar-refractivity contribution < 1.29 is 0 Å². The van der Waals surface area contributed by atoms with E-state index < -0.39 is 0 Å². The van der Waals surface area contributed by atoms with E-state index in [-0.39, 0.29) is 0 Å². The maximum absolute atomic E-state index is 3.28. The van der Waals surface area contributed by atoms with Crippen molar-refractivity contribution in [2.24, 2.45) is 0 Å². The lowest BCUT2D eigenvalue weighted by Gasteiger charge is -2.04. The highest BCUT2D eigenvalue weighted by Gasteiger charge is 2.03. The first-order valence-corrected chi connectivity index (χ1v) is 5.53. The largest absolute Gasteiger partial charge is 0.360 e. The molecule has 1 nitrogen and oxygen atoms in total. The van der Waals surface area contributed by atoms with Crippen molar-refractivity contribution in [2.45, 2.75) is 19.8 Å². The minimum atomic E-state index is 0.602. The molecule has 1 heterocycles. The third kappa shape index (κ3) is 1.59. The summed E-state index contributed by atoms with van der Waals surface area (Å²) >= 11 is 2.35. The molecule has 0 radical (unpaired) electrons. The van der Waals surface area contributed by atoms with Gasteiger partial charge in [0.05, 0.1) is 0 Å². The zero-order valence-electron chi connectivity index (χ0n) is 7.76. The van der Waals surface area contributed by atoms with E-state index in [1.807, 2.05) is 0 Å².